The molecule has 0 unspecified atom stereocenters. The third-order valence-electron chi connectivity index (χ3n) is 4.14. The zero-order valence-corrected chi connectivity index (χ0v) is 11.9. The Kier molecular flexibility index (Phi) is 2.92. The summed E-state index contributed by atoms with van der Waals surface area (Å²) in [6.07, 6.45) is 0.827. The molecule has 112 valence electrons. The third kappa shape index (κ3) is 2.06. The van der Waals surface area contributed by atoms with Crippen LogP contribution in [0.3, 0.4) is 0 Å². The Bertz CT molecular complexity index is 756. The second-order valence-corrected chi connectivity index (χ2v) is 5.47. The minimum absolute atomic E-state index is 0.0758. The second kappa shape index (κ2) is 4.94. The van der Waals surface area contributed by atoms with Crippen molar-refractivity contribution in [2.24, 2.45) is 0 Å². The maximum absolute atomic E-state index is 12.7. The monoisotopic (exact) mass is 297 g/mol. The number of ether oxygens (including phenoxy) is 2. The standard InChI is InChI=1S/C17H15NO4/c19-14-8-16-15(21-10-22-16)7-13(14)17(20)18-6-5-11-3-1-2-4-12(11)9-18/h1-4,7-8,19H,5-6,9-10H2. The Morgan fingerprint density at radius 1 is 1.09 bits per heavy atom. The summed E-state index contributed by atoms with van der Waals surface area (Å²) in [5, 5.41) is 10.1. The number of benzene rings is 2. The van der Waals surface area contributed by atoms with Crippen molar-refractivity contribution in [2.75, 3.05) is 13.3 Å². The number of rotatable bonds is 1. The van der Waals surface area contributed by atoms with Gasteiger partial charge in [0.15, 0.2) is 11.5 Å². The first-order chi connectivity index (χ1) is 10.7. The predicted octanol–water partition coefficient (Wildman–Crippen LogP) is 2.32. The highest BCUT2D eigenvalue weighted by Crippen LogP contribution is 2.38. The number of phenolic OH excluding ortho intramolecular Hbond substituents is 1. The highest BCUT2D eigenvalue weighted by atomic mass is 16.7. The van der Waals surface area contributed by atoms with Gasteiger partial charge in [-0.15, -0.1) is 0 Å². The molecule has 2 aliphatic heterocycles. The lowest BCUT2D eigenvalue weighted by Crippen LogP contribution is -2.35. The van der Waals surface area contributed by atoms with Gasteiger partial charge in [-0.05, 0) is 17.5 Å². The van der Waals surface area contributed by atoms with Crippen molar-refractivity contribution in [1.82, 2.24) is 4.90 Å². The lowest BCUT2D eigenvalue weighted by molar-refractivity contribution is 0.0731. The summed E-state index contributed by atoms with van der Waals surface area (Å²) in [7, 11) is 0. The fourth-order valence-electron chi connectivity index (χ4n) is 2.94. The molecular formula is C17H15NO4. The number of nitrogens with zero attached hydrogens (tertiary/aromatic N) is 1. The van der Waals surface area contributed by atoms with E-state index in [1.54, 1.807) is 11.0 Å². The van der Waals surface area contributed by atoms with E-state index in [9.17, 15) is 9.90 Å². The van der Waals surface area contributed by atoms with E-state index in [1.807, 2.05) is 18.2 Å². The maximum Gasteiger partial charge on any atom is 0.258 e. The van der Waals surface area contributed by atoms with Gasteiger partial charge < -0.3 is 19.5 Å². The number of fused-ring (bicyclic) bond motifs is 2. The zero-order chi connectivity index (χ0) is 15.1. The van der Waals surface area contributed by atoms with Crippen molar-refractivity contribution >= 4 is 5.91 Å². The Labute approximate surface area is 127 Å². The summed E-state index contributed by atoms with van der Waals surface area (Å²) < 4.78 is 10.5. The second-order valence-electron chi connectivity index (χ2n) is 5.47. The van der Waals surface area contributed by atoms with Crippen LogP contribution >= 0.6 is 0 Å². The molecule has 2 aromatic carbocycles. The number of hydrogen-bond acceptors (Lipinski definition) is 4. The van der Waals surface area contributed by atoms with Crippen LogP contribution < -0.4 is 9.47 Å². The van der Waals surface area contributed by atoms with Crippen LogP contribution in [0.2, 0.25) is 0 Å². The molecule has 0 atom stereocenters. The summed E-state index contributed by atoms with van der Waals surface area (Å²) in [6, 6.07) is 11.1. The molecule has 2 aliphatic rings. The molecule has 5 heteroatoms. The topological polar surface area (TPSA) is 59.0 Å². The van der Waals surface area contributed by atoms with Gasteiger partial charge in [0.2, 0.25) is 6.79 Å². The number of phenols is 1. The van der Waals surface area contributed by atoms with Crippen LogP contribution in [0.5, 0.6) is 17.2 Å². The van der Waals surface area contributed by atoms with Gasteiger partial charge in [0.1, 0.15) is 5.75 Å². The van der Waals surface area contributed by atoms with Crippen molar-refractivity contribution in [3.05, 3.63) is 53.1 Å². The summed E-state index contributed by atoms with van der Waals surface area (Å²) in [5.41, 5.74) is 2.69. The first kappa shape index (κ1) is 13.0. The van der Waals surface area contributed by atoms with Crippen LogP contribution in [-0.4, -0.2) is 29.3 Å². The minimum atomic E-state index is -0.190. The van der Waals surface area contributed by atoms with E-state index >= 15 is 0 Å². The molecule has 5 nitrogen and oxygen atoms in total. The van der Waals surface area contributed by atoms with Gasteiger partial charge in [0.25, 0.3) is 5.91 Å². The van der Waals surface area contributed by atoms with Gasteiger partial charge in [0, 0.05) is 25.2 Å². The molecule has 1 N–H and O–H groups in total. The first-order valence-electron chi connectivity index (χ1n) is 7.21. The molecule has 0 fully saturated rings. The number of carbonyl (C=O) groups excluding carboxylic acids is 1. The molecule has 4 rings (SSSR count). The SMILES string of the molecule is O=C(c1cc2c(cc1O)OCO2)N1CCc2ccccc2C1. The number of aromatic hydroxyl groups is 1. The van der Waals surface area contributed by atoms with E-state index in [0.717, 1.165) is 12.0 Å². The fourth-order valence-corrected chi connectivity index (χ4v) is 2.94. The first-order valence-corrected chi connectivity index (χ1v) is 7.21. The molecule has 22 heavy (non-hydrogen) atoms. The van der Waals surface area contributed by atoms with Gasteiger partial charge in [-0.3, -0.25) is 4.79 Å². The van der Waals surface area contributed by atoms with Crippen molar-refractivity contribution in [1.29, 1.82) is 0 Å². The van der Waals surface area contributed by atoms with Crippen LogP contribution in [0.15, 0.2) is 36.4 Å². The molecular weight excluding hydrogens is 282 g/mol. The molecule has 0 saturated heterocycles. The molecule has 1 amide bonds. The van der Waals surface area contributed by atoms with Gasteiger partial charge in [0.05, 0.1) is 5.56 Å². The number of amides is 1. The summed E-state index contributed by atoms with van der Waals surface area (Å²) >= 11 is 0. The van der Waals surface area contributed by atoms with Gasteiger partial charge in [-0.2, -0.15) is 0 Å². The lowest BCUT2D eigenvalue weighted by Gasteiger charge is -2.29. The van der Waals surface area contributed by atoms with E-state index in [0.29, 0.717) is 24.6 Å². The average Bonchev–Trinajstić information content (AvgIpc) is 3.00. The molecule has 0 saturated carbocycles. The highest BCUT2D eigenvalue weighted by Gasteiger charge is 2.26. The zero-order valence-electron chi connectivity index (χ0n) is 11.9. The van der Waals surface area contributed by atoms with Crippen molar-refractivity contribution in [3.8, 4) is 17.2 Å². The van der Waals surface area contributed by atoms with Crippen LogP contribution in [-0.2, 0) is 13.0 Å². The van der Waals surface area contributed by atoms with Crippen molar-refractivity contribution < 1.29 is 19.4 Å². The average molecular weight is 297 g/mol. The summed E-state index contributed by atoms with van der Waals surface area (Å²) in [4.78, 5) is 14.4. The quantitative estimate of drug-likeness (QED) is 0.877. The fraction of sp³-hybridized carbons (Fsp3) is 0.235. The predicted molar refractivity (Wildman–Crippen MR) is 79.1 cm³/mol. The molecule has 0 radical (unpaired) electrons. The van der Waals surface area contributed by atoms with E-state index in [1.165, 1.54) is 11.6 Å². The maximum atomic E-state index is 12.7. The molecule has 0 aliphatic carbocycles. The van der Waals surface area contributed by atoms with Crippen LogP contribution in [0.1, 0.15) is 21.5 Å². The van der Waals surface area contributed by atoms with E-state index in [4.69, 9.17) is 9.47 Å². The molecule has 2 aromatic rings. The largest absolute Gasteiger partial charge is 0.507 e. The number of carbonyl (C=O) groups is 1. The highest BCUT2D eigenvalue weighted by molar-refractivity contribution is 5.97. The lowest BCUT2D eigenvalue weighted by atomic mass is 9.99. The van der Waals surface area contributed by atoms with Crippen molar-refractivity contribution in [2.45, 2.75) is 13.0 Å². The van der Waals surface area contributed by atoms with Gasteiger partial charge in [-0.1, -0.05) is 24.3 Å². The van der Waals surface area contributed by atoms with E-state index in [2.05, 4.69) is 6.07 Å². The molecule has 2 heterocycles. The van der Waals surface area contributed by atoms with Crippen LogP contribution in [0.25, 0.3) is 0 Å². The Morgan fingerprint density at radius 2 is 1.82 bits per heavy atom. The Hall–Kier alpha value is -2.69. The minimum Gasteiger partial charge on any atom is -0.507 e. The Balaban J connectivity index is 1.63. The molecule has 0 bridgehead atoms. The van der Waals surface area contributed by atoms with Gasteiger partial charge >= 0.3 is 0 Å². The third-order valence-corrected chi connectivity index (χ3v) is 4.14. The molecule has 0 spiro atoms. The Morgan fingerprint density at radius 3 is 2.64 bits per heavy atom. The van der Waals surface area contributed by atoms with E-state index in [-0.39, 0.29) is 24.0 Å². The van der Waals surface area contributed by atoms with Crippen molar-refractivity contribution in [3.63, 3.8) is 0 Å². The summed E-state index contributed by atoms with van der Waals surface area (Å²) in [6.45, 7) is 1.32. The smallest absolute Gasteiger partial charge is 0.258 e. The molecule has 0 aromatic heterocycles. The normalized spacial score (nSPS) is 15.5. The van der Waals surface area contributed by atoms with Crippen LogP contribution in [0, 0.1) is 0 Å². The van der Waals surface area contributed by atoms with Gasteiger partial charge in [-0.25, -0.2) is 0 Å². The summed E-state index contributed by atoms with van der Waals surface area (Å²) in [5.74, 6) is 0.704. The number of hydrogen-bond donors (Lipinski definition) is 1. The van der Waals surface area contributed by atoms with Crippen LogP contribution in [0.4, 0.5) is 0 Å². The van der Waals surface area contributed by atoms with E-state index < -0.39 is 0 Å².